The van der Waals surface area contributed by atoms with Gasteiger partial charge in [0, 0.05) is 24.7 Å². The second kappa shape index (κ2) is 9.49. The van der Waals surface area contributed by atoms with Gasteiger partial charge in [0.1, 0.15) is 17.1 Å². The van der Waals surface area contributed by atoms with Gasteiger partial charge in [-0.3, -0.25) is 14.6 Å². The molecule has 3 rings (SSSR count). The molecule has 32 heavy (non-hydrogen) atoms. The first-order chi connectivity index (χ1) is 15.1. The van der Waals surface area contributed by atoms with Gasteiger partial charge in [0.2, 0.25) is 0 Å². The highest BCUT2D eigenvalue weighted by atomic mass is 19.3. The predicted molar refractivity (Wildman–Crippen MR) is 99.4 cm³/mol. The lowest BCUT2D eigenvalue weighted by molar-refractivity contribution is -0.286. The number of carbonyl (C=O) groups excluding carboxylic acids is 2. The fraction of sp³-hybridized carbons (Fsp3) is 0.263. The average Bonchev–Trinajstić information content (AvgIpc) is 3.05. The number of halogens is 4. The Morgan fingerprint density at radius 1 is 1.16 bits per heavy atom. The van der Waals surface area contributed by atoms with Crippen molar-refractivity contribution in [2.24, 2.45) is 0 Å². The number of amides is 2. The van der Waals surface area contributed by atoms with Gasteiger partial charge < -0.3 is 24.8 Å². The number of hydrogen-bond donors (Lipinski definition) is 2. The van der Waals surface area contributed by atoms with Crippen LogP contribution in [0.5, 0.6) is 17.2 Å². The molecule has 0 radical (unpaired) electrons. The van der Waals surface area contributed by atoms with E-state index in [9.17, 15) is 27.2 Å². The molecule has 170 valence electrons. The summed E-state index contributed by atoms with van der Waals surface area (Å²) in [6, 6.07) is 3.71. The first kappa shape index (κ1) is 22.8. The average molecular weight is 456 g/mol. The van der Waals surface area contributed by atoms with Crippen LogP contribution in [-0.2, 0) is 4.79 Å². The second-order valence-electron chi connectivity index (χ2n) is 6.35. The Bertz CT molecular complexity index is 1020. The minimum Gasteiger partial charge on any atom is -0.484 e. The van der Waals surface area contributed by atoms with Crippen molar-refractivity contribution in [3.8, 4) is 17.2 Å². The van der Waals surface area contributed by atoms with E-state index in [4.69, 9.17) is 4.74 Å². The molecule has 0 unspecified atom stereocenters. The molecule has 1 aliphatic rings. The van der Waals surface area contributed by atoms with E-state index < -0.39 is 36.8 Å². The molecular formula is C19H16F4N4O5. The summed E-state index contributed by atoms with van der Waals surface area (Å²) in [6.07, 6.45) is -4.64. The molecule has 2 aromatic rings. The summed E-state index contributed by atoms with van der Waals surface area (Å²) in [5, 5.41) is 4.93. The summed E-state index contributed by atoms with van der Waals surface area (Å²) in [5.74, 6) is -1.47. The third-order valence-electron chi connectivity index (χ3n) is 3.90. The minimum absolute atomic E-state index is 0.0768. The Morgan fingerprint density at radius 2 is 1.91 bits per heavy atom. The number of rotatable bonds is 9. The Morgan fingerprint density at radius 3 is 2.59 bits per heavy atom. The minimum atomic E-state index is -3.76. The van der Waals surface area contributed by atoms with Crippen LogP contribution in [0.1, 0.15) is 29.0 Å². The van der Waals surface area contributed by atoms with Crippen molar-refractivity contribution in [1.29, 1.82) is 0 Å². The number of hydrogen-bond acceptors (Lipinski definition) is 7. The zero-order valence-electron chi connectivity index (χ0n) is 16.2. The number of alkyl halides is 4. The van der Waals surface area contributed by atoms with Crippen molar-refractivity contribution >= 4 is 11.8 Å². The number of fused-ring (bicyclic) bond motifs is 1. The molecule has 9 nitrogen and oxygen atoms in total. The third kappa shape index (κ3) is 6.06. The molecule has 1 aliphatic heterocycles. The van der Waals surface area contributed by atoms with E-state index in [2.05, 4.69) is 36.7 Å². The Labute approximate surface area is 178 Å². The Kier molecular flexibility index (Phi) is 6.76. The lowest BCUT2D eigenvalue weighted by atomic mass is 10.3. The van der Waals surface area contributed by atoms with Crippen LogP contribution in [-0.4, -0.2) is 41.2 Å². The molecule has 2 amide bonds. The fourth-order valence-corrected chi connectivity index (χ4v) is 2.45. The van der Waals surface area contributed by atoms with E-state index in [1.807, 2.05) is 0 Å². The fourth-order valence-electron chi connectivity index (χ4n) is 2.45. The molecule has 2 N–H and O–H groups in total. The van der Waals surface area contributed by atoms with Crippen LogP contribution in [0.3, 0.4) is 0 Å². The topological polar surface area (TPSA) is 112 Å². The van der Waals surface area contributed by atoms with Gasteiger partial charge in [-0.2, -0.15) is 0 Å². The molecule has 0 saturated heterocycles. The molecule has 13 heteroatoms. The van der Waals surface area contributed by atoms with Gasteiger partial charge in [-0.05, 0) is 12.1 Å². The van der Waals surface area contributed by atoms with Gasteiger partial charge in [-0.25, -0.2) is 13.8 Å². The van der Waals surface area contributed by atoms with Crippen LogP contribution in [0.2, 0.25) is 0 Å². The molecular weight excluding hydrogens is 440 g/mol. The van der Waals surface area contributed by atoms with Crippen molar-refractivity contribution in [3.63, 3.8) is 0 Å². The maximum Gasteiger partial charge on any atom is 0.586 e. The first-order valence-electron chi connectivity index (χ1n) is 9.01. The van der Waals surface area contributed by atoms with Gasteiger partial charge in [0.25, 0.3) is 18.2 Å². The maximum atomic E-state index is 13.0. The molecule has 1 aromatic heterocycles. The van der Waals surface area contributed by atoms with Crippen LogP contribution in [0.4, 0.5) is 17.6 Å². The molecule has 0 spiro atoms. The largest absolute Gasteiger partial charge is 0.586 e. The number of nitrogens with zero attached hydrogens (tertiary/aromatic N) is 2. The normalized spacial score (nSPS) is 13.5. The summed E-state index contributed by atoms with van der Waals surface area (Å²) in [4.78, 5) is 30.9. The van der Waals surface area contributed by atoms with E-state index in [1.54, 1.807) is 0 Å². The highest BCUT2D eigenvalue weighted by molar-refractivity contribution is 5.91. The SMILES string of the molecule is C=C(CCNC(=O)c1cnc(C(F)F)cn1)NC(=O)COc1ccc2c(c1)OC(F)(F)O2. The predicted octanol–water partition coefficient (Wildman–Crippen LogP) is 2.56. The van der Waals surface area contributed by atoms with Crippen LogP contribution >= 0.6 is 0 Å². The molecule has 0 bridgehead atoms. The lowest BCUT2D eigenvalue weighted by Crippen LogP contribution is -2.31. The number of nitrogens with one attached hydrogen (secondary N) is 2. The maximum absolute atomic E-state index is 13.0. The lowest BCUT2D eigenvalue weighted by Gasteiger charge is -2.10. The van der Waals surface area contributed by atoms with Gasteiger partial charge >= 0.3 is 6.29 Å². The van der Waals surface area contributed by atoms with E-state index in [1.165, 1.54) is 12.1 Å². The number of carbonyl (C=O) groups is 2. The van der Waals surface area contributed by atoms with Gasteiger partial charge in [-0.15, -0.1) is 8.78 Å². The molecule has 2 heterocycles. The third-order valence-corrected chi connectivity index (χ3v) is 3.90. The van der Waals surface area contributed by atoms with Crippen molar-refractivity contribution in [1.82, 2.24) is 20.6 Å². The first-order valence-corrected chi connectivity index (χ1v) is 9.01. The quantitative estimate of drug-likeness (QED) is 0.558. The van der Waals surface area contributed by atoms with E-state index in [-0.39, 0.29) is 41.6 Å². The monoisotopic (exact) mass is 456 g/mol. The number of aromatic nitrogens is 2. The van der Waals surface area contributed by atoms with Crippen molar-refractivity contribution < 1.29 is 41.4 Å². The Hall–Kier alpha value is -3.90. The van der Waals surface area contributed by atoms with E-state index in [0.29, 0.717) is 0 Å². The molecule has 0 saturated carbocycles. The summed E-state index contributed by atoms with van der Waals surface area (Å²) in [5.41, 5.74) is -0.416. The van der Waals surface area contributed by atoms with Gasteiger partial charge in [-0.1, -0.05) is 6.58 Å². The van der Waals surface area contributed by atoms with E-state index >= 15 is 0 Å². The molecule has 1 aromatic carbocycles. The second-order valence-corrected chi connectivity index (χ2v) is 6.35. The summed E-state index contributed by atoms with van der Waals surface area (Å²) < 4.78 is 64.6. The van der Waals surface area contributed by atoms with Crippen molar-refractivity contribution in [2.45, 2.75) is 19.1 Å². The van der Waals surface area contributed by atoms with Crippen LogP contribution in [0.15, 0.2) is 42.9 Å². The highest BCUT2D eigenvalue weighted by Crippen LogP contribution is 2.42. The van der Waals surface area contributed by atoms with Gasteiger partial charge in [0.15, 0.2) is 18.1 Å². The smallest absolute Gasteiger partial charge is 0.484 e. The van der Waals surface area contributed by atoms with Crippen LogP contribution in [0, 0.1) is 0 Å². The van der Waals surface area contributed by atoms with Gasteiger partial charge in [0.05, 0.1) is 12.4 Å². The zero-order chi connectivity index (χ0) is 23.3. The van der Waals surface area contributed by atoms with Crippen molar-refractivity contribution in [3.05, 3.63) is 54.3 Å². The number of benzene rings is 1. The Balaban J connectivity index is 1.37. The van der Waals surface area contributed by atoms with Crippen molar-refractivity contribution in [2.75, 3.05) is 13.2 Å². The zero-order valence-corrected chi connectivity index (χ0v) is 16.2. The molecule has 0 aliphatic carbocycles. The summed E-state index contributed by atoms with van der Waals surface area (Å²) in [7, 11) is 0. The van der Waals surface area contributed by atoms with E-state index in [0.717, 1.165) is 18.5 Å². The summed E-state index contributed by atoms with van der Waals surface area (Å²) >= 11 is 0. The highest BCUT2D eigenvalue weighted by Gasteiger charge is 2.43. The number of ether oxygens (including phenoxy) is 3. The summed E-state index contributed by atoms with van der Waals surface area (Å²) in [6.45, 7) is 3.28. The standard InChI is InChI=1S/C19H16F4N4O5/c1-10(4-5-24-18(29)13-8-25-12(7-26-13)17(20)21)27-16(28)9-30-11-2-3-14-15(6-11)32-19(22,23)31-14/h2-3,6-8,17H,1,4-5,9H2,(H,24,29)(H,27,28). The van der Waals surface area contributed by atoms with Crippen LogP contribution in [0.25, 0.3) is 0 Å². The molecule has 0 fully saturated rings. The van der Waals surface area contributed by atoms with Crippen LogP contribution < -0.4 is 24.8 Å². The molecule has 0 atom stereocenters.